The highest BCUT2D eigenvalue weighted by Gasteiger charge is 2.46. The van der Waals surface area contributed by atoms with Crippen molar-refractivity contribution in [1.82, 2.24) is 9.88 Å². The molecule has 0 saturated carbocycles. The lowest BCUT2D eigenvalue weighted by molar-refractivity contribution is -0.139. The predicted octanol–water partition coefficient (Wildman–Crippen LogP) is 3.19. The summed E-state index contributed by atoms with van der Waals surface area (Å²) in [6.07, 6.45) is 3.65. The SMILES string of the molecule is COC(=O)C1=COC(C)[C@@H]2CN3CCc4c([nH]c5ccc(OC)cc45)[C@@H]3C[C@H]12. The van der Waals surface area contributed by atoms with Gasteiger partial charge in [0.15, 0.2) is 0 Å². The van der Waals surface area contributed by atoms with Gasteiger partial charge in [-0.05, 0) is 43.5 Å². The number of benzene rings is 1. The zero-order chi connectivity index (χ0) is 19.4. The smallest absolute Gasteiger partial charge is 0.337 e. The van der Waals surface area contributed by atoms with E-state index < -0.39 is 0 Å². The van der Waals surface area contributed by atoms with Crippen LogP contribution in [0, 0.1) is 11.8 Å². The van der Waals surface area contributed by atoms with Crippen LogP contribution in [0.3, 0.4) is 0 Å². The van der Waals surface area contributed by atoms with Gasteiger partial charge in [-0.15, -0.1) is 0 Å². The summed E-state index contributed by atoms with van der Waals surface area (Å²) in [5, 5.41) is 1.25. The molecule has 0 amide bonds. The molecule has 6 heteroatoms. The fraction of sp³-hybridized carbons (Fsp3) is 0.500. The maximum Gasteiger partial charge on any atom is 0.337 e. The van der Waals surface area contributed by atoms with Crippen LogP contribution in [-0.2, 0) is 20.7 Å². The molecule has 6 nitrogen and oxygen atoms in total. The summed E-state index contributed by atoms with van der Waals surface area (Å²) in [6.45, 7) is 4.06. The number of hydrogen-bond donors (Lipinski definition) is 1. The normalized spacial score (nSPS) is 29.2. The second-order valence-corrected chi connectivity index (χ2v) is 8.10. The first-order chi connectivity index (χ1) is 13.6. The maximum atomic E-state index is 12.3. The van der Waals surface area contributed by atoms with Gasteiger partial charge in [-0.25, -0.2) is 4.79 Å². The number of fused-ring (bicyclic) bond motifs is 6. The molecule has 3 aliphatic rings. The van der Waals surface area contributed by atoms with Crippen LogP contribution in [0.2, 0.25) is 0 Å². The van der Waals surface area contributed by atoms with Gasteiger partial charge in [-0.3, -0.25) is 4.90 Å². The van der Waals surface area contributed by atoms with E-state index in [0.29, 0.717) is 11.5 Å². The topological polar surface area (TPSA) is 63.8 Å². The number of carbonyl (C=O) groups is 1. The first-order valence-electron chi connectivity index (χ1n) is 9.97. The van der Waals surface area contributed by atoms with Crippen LogP contribution in [-0.4, -0.2) is 49.3 Å². The molecule has 1 aromatic carbocycles. The second-order valence-electron chi connectivity index (χ2n) is 8.10. The highest BCUT2D eigenvalue weighted by Crippen LogP contribution is 2.47. The molecule has 2 aromatic rings. The van der Waals surface area contributed by atoms with E-state index in [4.69, 9.17) is 14.2 Å². The van der Waals surface area contributed by atoms with E-state index in [2.05, 4.69) is 28.9 Å². The van der Waals surface area contributed by atoms with Crippen LogP contribution in [0.4, 0.5) is 0 Å². The molecule has 0 bridgehead atoms. The molecule has 0 aliphatic carbocycles. The van der Waals surface area contributed by atoms with E-state index in [-0.39, 0.29) is 24.0 Å². The summed E-state index contributed by atoms with van der Waals surface area (Å²) in [4.78, 5) is 18.6. The lowest BCUT2D eigenvalue weighted by Gasteiger charge is -2.49. The molecule has 1 saturated heterocycles. The average molecular weight is 382 g/mol. The molecule has 1 N–H and O–H groups in total. The van der Waals surface area contributed by atoms with Crippen molar-refractivity contribution in [3.63, 3.8) is 0 Å². The minimum Gasteiger partial charge on any atom is -0.497 e. The summed E-state index contributed by atoms with van der Waals surface area (Å²) >= 11 is 0. The van der Waals surface area contributed by atoms with Crippen molar-refractivity contribution >= 4 is 16.9 Å². The van der Waals surface area contributed by atoms with Gasteiger partial charge >= 0.3 is 5.97 Å². The van der Waals surface area contributed by atoms with E-state index in [1.54, 1.807) is 13.4 Å². The number of methoxy groups -OCH3 is 2. The van der Waals surface area contributed by atoms with Crippen molar-refractivity contribution in [3.05, 3.63) is 41.3 Å². The molecular formula is C22H26N2O4. The van der Waals surface area contributed by atoms with Crippen LogP contribution >= 0.6 is 0 Å². The molecule has 28 heavy (non-hydrogen) atoms. The number of hydrogen-bond acceptors (Lipinski definition) is 5. The Morgan fingerprint density at radius 2 is 2.18 bits per heavy atom. The van der Waals surface area contributed by atoms with Gasteiger partial charge in [-0.1, -0.05) is 0 Å². The minimum atomic E-state index is -0.271. The van der Waals surface area contributed by atoms with E-state index in [1.807, 2.05) is 6.07 Å². The summed E-state index contributed by atoms with van der Waals surface area (Å²) < 4.78 is 16.3. The van der Waals surface area contributed by atoms with Gasteiger partial charge in [0.2, 0.25) is 0 Å². The number of aromatic nitrogens is 1. The monoisotopic (exact) mass is 382 g/mol. The van der Waals surface area contributed by atoms with Gasteiger partial charge in [0.1, 0.15) is 5.75 Å². The highest BCUT2D eigenvalue weighted by atomic mass is 16.5. The van der Waals surface area contributed by atoms with Crippen molar-refractivity contribution in [2.75, 3.05) is 27.3 Å². The zero-order valence-corrected chi connectivity index (χ0v) is 16.5. The molecule has 1 unspecified atom stereocenters. The molecule has 1 fully saturated rings. The lowest BCUT2D eigenvalue weighted by atomic mass is 9.72. The number of carbonyl (C=O) groups excluding carboxylic acids is 1. The Morgan fingerprint density at radius 3 is 2.96 bits per heavy atom. The Balaban J connectivity index is 1.54. The number of ether oxygens (including phenoxy) is 3. The van der Waals surface area contributed by atoms with Crippen LogP contribution in [0.5, 0.6) is 5.75 Å². The van der Waals surface area contributed by atoms with Gasteiger partial charge in [-0.2, -0.15) is 0 Å². The van der Waals surface area contributed by atoms with E-state index >= 15 is 0 Å². The number of nitrogens with one attached hydrogen (secondary N) is 1. The fourth-order valence-electron chi connectivity index (χ4n) is 5.34. The first-order valence-corrected chi connectivity index (χ1v) is 9.97. The summed E-state index contributed by atoms with van der Waals surface area (Å²) in [5.74, 6) is 1.08. The zero-order valence-electron chi connectivity index (χ0n) is 16.5. The van der Waals surface area contributed by atoms with E-state index in [1.165, 1.54) is 23.8 Å². The molecule has 148 valence electrons. The predicted molar refractivity (Wildman–Crippen MR) is 105 cm³/mol. The molecule has 0 radical (unpaired) electrons. The Bertz CT molecular complexity index is 963. The third-order valence-corrected chi connectivity index (χ3v) is 6.84. The third-order valence-electron chi connectivity index (χ3n) is 6.84. The van der Waals surface area contributed by atoms with Crippen molar-refractivity contribution in [1.29, 1.82) is 0 Å². The standard InChI is InChI=1S/C22H26N2O4/c1-12-17-10-24-7-6-14-16-8-13(26-2)4-5-19(16)23-21(14)20(24)9-15(17)18(11-28-12)22(25)27-3/h4-5,8,11-12,15,17,20,23H,6-7,9-10H2,1-3H3/t12?,15-,17-,20-/m0/s1. The maximum absolute atomic E-state index is 12.3. The number of esters is 1. The van der Waals surface area contributed by atoms with Gasteiger partial charge in [0.05, 0.1) is 38.2 Å². The molecule has 3 aliphatic heterocycles. The van der Waals surface area contributed by atoms with Crippen LogP contribution in [0.15, 0.2) is 30.0 Å². The van der Waals surface area contributed by atoms with Crippen molar-refractivity contribution in [2.24, 2.45) is 11.8 Å². The number of piperidine rings is 1. The lowest BCUT2D eigenvalue weighted by Crippen LogP contribution is -2.51. The first kappa shape index (κ1) is 17.6. The second kappa shape index (κ2) is 6.55. The van der Waals surface area contributed by atoms with Crippen LogP contribution in [0.1, 0.15) is 30.6 Å². The minimum absolute atomic E-state index is 0.104. The van der Waals surface area contributed by atoms with E-state index in [0.717, 1.165) is 37.2 Å². The fourth-order valence-corrected chi connectivity index (χ4v) is 5.34. The van der Waals surface area contributed by atoms with Crippen molar-refractivity contribution in [2.45, 2.75) is 31.9 Å². The van der Waals surface area contributed by atoms with Gasteiger partial charge < -0.3 is 19.2 Å². The van der Waals surface area contributed by atoms with Gasteiger partial charge in [0, 0.05) is 41.5 Å². The third kappa shape index (κ3) is 2.54. The molecule has 4 heterocycles. The molecule has 0 spiro atoms. The Kier molecular flexibility index (Phi) is 4.12. The summed E-state index contributed by atoms with van der Waals surface area (Å²) in [7, 11) is 3.14. The van der Waals surface area contributed by atoms with Crippen LogP contribution < -0.4 is 4.74 Å². The Labute approximate surface area is 164 Å². The van der Waals surface area contributed by atoms with Crippen molar-refractivity contribution < 1.29 is 19.0 Å². The Hall–Kier alpha value is -2.47. The van der Waals surface area contributed by atoms with Gasteiger partial charge in [0.25, 0.3) is 0 Å². The number of aromatic amines is 1. The molecule has 4 atom stereocenters. The average Bonchev–Trinajstić information content (AvgIpc) is 3.10. The Morgan fingerprint density at radius 1 is 1.32 bits per heavy atom. The molecular weight excluding hydrogens is 356 g/mol. The van der Waals surface area contributed by atoms with Crippen LogP contribution in [0.25, 0.3) is 10.9 Å². The van der Waals surface area contributed by atoms with Crippen molar-refractivity contribution in [3.8, 4) is 5.75 Å². The largest absolute Gasteiger partial charge is 0.497 e. The number of nitrogens with zero attached hydrogens (tertiary/aromatic N) is 1. The number of H-pyrrole nitrogens is 1. The quantitative estimate of drug-likeness (QED) is 0.809. The molecule has 5 rings (SSSR count). The summed E-state index contributed by atoms with van der Waals surface area (Å²) in [5.41, 5.74) is 4.50. The number of rotatable bonds is 2. The summed E-state index contributed by atoms with van der Waals surface area (Å²) in [6, 6.07) is 6.50. The van der Waals surface area contributed by atoms with E-state index in [9.17, 15) is 4.79 Å². The highest BCUT2D eigenvalue weighted by molar-refractivity contribution is 5.89. The molecule has 1 aromatic heterocycles.